The van der Waals surface area contributed by atoms with Crippen LogP contribution in [0.25, 0.3) is 0 Å². The number of carbonyl (C=O) groups is 2. The van der Waals surface area contributed by atoms with Gasteiger partial charge in [0, 0.05) is 25.0 Å². The molecule has 1 aliphatic rings. The number of aromatic nitrogens is 2. The third-order valence-corrected chi connectivity index (χ3v) is 3.48. The predicted molar refractivity (Wildman–Crippen MR) is 67.3 cm³/mol. The summed E-state index contributed by atoms with van der Waals surface area (Å²) in [6.07, 6.45) is 4.66. The quantitative estimate of drug-likeness (QED) is 0.869. The summed E-state index contributed by atoms with van der Waals surface area (Å²) in [4.78, 5) is 32.9. The van der Waals surface area contributed by atoms with Crippen LogP contribution in [0, 0.1) is 5.92 Å². The Balaban J connectivity index is 2.02. The van der Waals surface area contributed by atoms with E-state index in [0.29, 0.717) is 12.2 Å². The normalized spacial score (nSPS) is 23.1. The molecule has 2 heterocycles. The molecule has 6 heteroatoms. The maximum atomic E-state index is 12.2. The van der Waals surface area contributed by atoms with Crippen molar-refractivity contribution >= 4 is 11.9 Å². The molecule has 1 aromatic rings. The summed E-state index contributed by atoms with van der Waals surface area (Å²) in [5.41, 5.74) is 0. The fraction of sp³-hybridized carbons (Fsp3) is 0.538. The Morgan fingerprint density at radius 3 is 2.68 bits per heavy atom. The molecule has 1 aliphatic heterocycles. The highest BCUT2D eigenvalue weighted by Gasteiger charge is 2.32. The Hall–Kier alpha value is -1.98. The minimum Gasteiger partial charge on any atom is -0.481 e. The number of piperidine rings is 1. The zero-order valence-corrected chi connectivity index (χ0v) is 10.8. The van der Waals surface area contributed by atoms with E-state index in [0.717, 1.165) is 6.42 Å². The van der Waals surface area contributed by atoms with Crippen LogP contribution in [0.1, 0.15) is 25.6 Å². The van der Waals surface area contributed by atoms with Gasteiger partial charge in [0.25, 0.3) is 0 Å². The van der Waals surface area contributed by atoms with E-state index in [-0.39, 0.29) is 24.9 Å². The van der Waals surface area contributed by atoms with Gasteiger partial charge in [-0.05, 0) is 25.8 Å². The SMILES string of the molecule is C[C@H]1CC[C@@H](C(=O)O)CN1C(=O)Cc1ncccn1. The van der Waals surface area contributed by atoms with Gasteiger partial charge in [0.05, 0.1) is 12.3 Å². The molecule has 6 nitrogen and oxygen atoms in total. The Labute approximate surface area is 111 Å². The summed E-state index contributed by atoms with van der Waals surface area (Å²) in [5, 5.41) is 9.05. The second-order valence-corrected chi connectivity index (χ2v) is 4.85. The summed E-state index contributed by atoms with van der Waals surface area (Å²) >= 11 is 0. The number of nitrogens with zero attached hydrogens (tertiary/aromatic N) is 3. The van der Waals surface area contributed by atoms with Crippen LogP contribution in [-0.4, -0.2) is 44.4 Å². The van der Waals surface area contributed by atoms with Gasteiger partial charge in [-0.1, -0.05) is 0 Å². The van der Waals surface area contributed by atoms with Crippen molar-refractivity contribution in [2.75, 3.05) is 6.54 Å². The molecule has 1 saturated heterocycles. The molecule has 1 fully saturated rings. The monoisotopic (exact) mass is 263 g/mol. The van der Waals surface area contributed by atoms with Crippen LogP contribution < -0.4 is 0 Å². The van der Waals surface area contributed by atoms with Crippen molar-refractivity contribution in [3.63, 3.8) is 0 Å². The van der Waals surface area contributed by atoms with Crippen LogP contribution in [0.2, 0.25) is 0 Å². The highest BCUT2D eigenvalue weighted by atomic mass is 16.4. The lowest BCUT2D eigenvalue weighted by molar-refractivity contribution is -0.147. The number of carboxylic acids is 1. The van der Waals surface area contributed by atoms with Crippen LogP contribution >= 0.6 is 0 Å². The summed E-state index contributed by atoms with van der Waals surface area (Å²) in [6.45, 7) is 2.23. The van der Waals surface area contributed by atoms with Crippen LogP contribution in [0.5, 0.6) is 0 Å². The van der Waals surface area contributed by atoms with E-state index < -0.39 is 11.9 Å². The molecule has 0 unspecified atom stereocenters. The predicted octanol–water partition coefficient (Wildman–Crippen LogP) is 0.731. The van der Waals surface area contributed by atoms with Gasteiger partial charge in [0.15, 0.2) is 0 Å². The number of amides is 1. The standard InChI is InChI=1S/C13H17N3O3/c1-9-3-4-10(13(18)19)8-16(9)12(17)7-11-14-5-2-6-15-11/h2,5-6,9-10H,3-4,7-8H2,1H3,(H,18,19)/t9-,10+/m0/s1. The molecule has 0 spiro atoms. The Kier molecular flexibility index (Phi) is 4.09. The zero-order valence-electron chi connectivity index (χ0n) is 10.8. The number of hydrogen-bond donors (Lipinski definition) is 1. The smallest absolute Gasteiger partial charge is 0.308 e. The van der Waals surface area contributed by atoms with Crippen LogP contribution in [0.4, 0.5) is 0 Å². The van der Waals surface area contributed by atoms with Crippen molar-refractivity contribution in [1.82, 2.24) is 14.9 Å². The lowest BCUT2D eigenvalue weighted by Gasteiger charge is -2.36. The molecule has 1 N–H and O–H groups in total. The van der Waals surface area contributed by atoms with Gasteiger partial charge in [-0.3, -0.25) is 9.59 Å². The van der Waals surface area contributed by atoms with E-state index in [9.17, 15) is 9.59 Å². The average Bonchev–Trinajstić information content (AvgIpc) is 2.40. The average molecular weight is 263 g/mol. The van der Waals surface area contributed by atoms with Crippen molar-refractivity contribution in [3.05, 3.63) is 24.3 Å². The maximum absolute atomic E-state index is 12.2. The van der Waals surface area contributed by atoms with Crippen LogP contribution in [0.15, 0.2) is 18.5 Å². The molecule has 0 radical (unpaired) electrons. The molecule has 0 aromatic carbocycles. The number of hydrogen-bond acceptors (Lipinski definition) is 4. The molecule has 1 amide bonds. The minimum atomic E-state index is -0.833. The second kappa shape index (κ2) is 5.77. The van der Waals surface area contributed by atoms with Gasteiger partial charge in [-0.25, -0.2) is 9.97 Å². The van der Waals surface area contributed by atoms with E-state index in [1.54, 1.807) is 23.4 Å². The fourth-order valence-corrected chi connectivity index (χ4v) is 2.31. The fourth-order valence-electron chi connectivity index (χ4n) is 2.31. The molecule has 0 bridgehead atoms. The maximum Gasteiger partial charge on any atom is 0.308 e. The number of aliphatic carboxylic acids is 1. The van der Waals surface area contributed by atoms with Gasteiger partial charge in [-0.15, -0.1) is 0 Å². The van der Waals surface area contributed by atoms with Crippen molar-refractivity contribution in [2.24, 2.45) is 5.92 Å². The Morgan fingerprint density at radius 2 is 2.05 bits per heavy atom. The minimum absolute atomic E-state index is 0.0758. The molecule has 0 aliphatic carbocycles. The van der Waals surface area contributed by atoms with Crippen molar-refractivity contribution in [3.8, 4) is 0 Å². The lowest BCUT2D eigenvalue weighted by Crippen LogP contribution is -2.48. The number of carboxylic acid groups (broad SMARTS) is 1. The number of rotatable bonds is 3. The van der Waals surface area contributed by atoms with Gasteiger partial charge in [0.2, 0.25) is 5.91 Å². The highest BCUT2D eigenvalue weighted by molar-refractivity contribution is 5.79. The summed E-state index contributed by atoms with van der Waals surface area (Å²) in [6, 6.07) is 1.77. The first-order chi connectivity index (χ1) is 9.08. The van der Waals surface area contributed by atoms with Crippen molar-refractivity contribution in [1.29, 1.82) is 0 Å². The molecule has 19 heavy (non-hydrogen) atoms. The molecule has 2 rings (SSSR count). The first kappa shape index (κ1) is 13.5. The number of likely N-dealkylation sites (tertiary alicyclic amines) is 1. The van der Waals surface area contributed by atoms with Crippen molar-refractivity contribution < 1.29 is 14.7 Å². The van der Waals surface area contributed by atoms with E-state index in [4.69, 9.17) is 5.11 Å². The lowest BCUT2D eigenvalue weighted by atomic mass is 9.93. The first-order valence-corrected chi connectivity index (χ1v) is 6.36. The summed E-state index contributed by atoms with van der Waals surface area (Å²) < 4.78 is 0. The third-order valence-electron chi connectivity index (χ3n) is 3.48. The van der Waals surface area contributed by atoms with Gasteiger partial charge >= 0.3 is 5.97 Å². The molecular formula is C13H17N3O3. The molecule has 0 saturated carbocycles. The van der Waals surface area contributed by atoms with Crippen LogP contribution in [-0.2, 0) is 16.0 Å². The first-order valence-electron chi connectivity index (χ1n) is 6.36. The highest BCUT2D eigenvalue weighted by Crippen LogP contribution is 2.22. The van der Waals surface area contributed by atoms with Gasteiger partial charge < -0.3 is 10.0 Å². The van der Waals surface area contributed by atoms with E-state index in [1.165, 1.54) is 0 Å². The van der Waals surface area contributed by atoms with Gasteiger partial charge in [0.1, 0.15) is 5.82 Å². The molecule has 102 valence electrons. The van der Waals surface area contributed by atoms with Crippen LogP contribution in [0.3, 0.4) is 0 Å². The third kappa shape index (κ3) is 3.27. The van der Waals surface area contributed by atoms with E-state index in [2.05, 4.69) is 9.97 Å². The van der Waals surface area contributed by atoms with E-state index >= 15 is 0 Å². The Morgan fingerprint density at radius 1 is 1.37 bits per heavy atom. The molecular weight excluding hydrogens is 246 g/mol. The Bertz CT molecular complexity index is 463. The largest absolute Gasteiger partial charge is 0.481 e. The number of carbonyl (C=O) groups excluding carboxylic acids is 1. The van der Waals surface area contributed by atoms with Crippen molar-refractivity contribution in [2.45, 2.75) is 32.2 Å². The van der Waals surface area contributed by atoms with E-state index in [1.807, 2.05) is 6.92 Å². The zero-order chi connectivity index (χ0) is 13.8. The molecule has 1 aromatic heterocycles. The summed E-state index contributed by atoms with van der Waals surface area (Å²) in [5.74, 6) is -0.931. The van der Waals surface area contributed by atoms with Gasteiger partial charge in [-0.2, -0.15) is 0 Å². The molecule has 2 atom stereocenters. The summed E-state index contributed by atoms with van der Waals surface area (Å²) in [7, 11) is 0. The second-order valence-electron chi connectivity index (χ2n) is 4.85. The topological polar surface area (TPSA) is 83.4 Å².